The molecular weight excluding hydrogens is 192 g/mol. The van der Waals surface area contributed by atoms with Crippen LogP contribution < -0.4 is 15.0 Å². The van der Waals surface area contributed by atoms with Gasteiger partial charge in [0.1, 0.15) is 5.75 Å². The van der Waals surface area contributed by atoms with Crippen molar-refractivity contribution in [2.45, 2.75) is 0 Å². The van der Waals surface area contributed by atoms with Crippen molar-refractivity contribution < 1.29 is 9.53 Å². The van der Waals surface area contributed by atoms with Crippen molar-refractivity contribution in [2.24, 2.45) is 0 Å². The molecule has 1 N–H and O–H groups in total. The van der Waals surface area contributed by atoms with E-state index in [9.17, 15) is 4.79 Å². The quantitative estimate of drug-likeness (QED) is 0.771. The average molecular weight is 206 g/mol. The number of methoxy groups -OCH3 is 1. The number of hydrogen-bond acceptors (Lipinski definition) is 3. The van der Waals surface area contributed by atoms with E-state index in [0.29, 0.717) is 13.1 Å². The highest BCUT2D eigenvalue weighted by Crippen LogP contribution is 2.21. The second-order valence-electron chi connectivity index (χ2n) is 3.47. The number of piperazine rings is 1. The van der Waals surface area contributed by atoms with Crippen molar-refractivity contribution in [3.05, 3.63) is 24.3 Å². The summed E-state index contributed by atoms with van der Waals surface area (Å²) in [6.07, 6.45) is 0. The lowest BCUT2D eigenvalue weighted by Crippen LogP contribution is -2.47. The summed E-state index contributed by atoms with van der Waals surface area (Å²) in [5, 5.41) is 2.80. The van der Waals surface area contributed by atoms with Crippen LogP contribution in [-0.4, -0.2) is 32.7 Å². The summed E-state index contributed by atoms with van der Waals surface area (Å²) < 4.78 is 5.15. The third-order valence-corrected chi connectivity index (χ3v) is 2.46. The first-order valence-electron chi connectivity index (χ1n) is 4.95. The molecule has 0 aliphatic carbocycles. The van der Waals surface area contributed by atoms with Gasteiger partial charge in [0, 0.05) is 24.8 Å². The lowest BCUT2D eigenvalue weighted by molar-refractivity contribution is -0.120. The number of anilines is 1. The van der Waals surface area contributed by atoms with Gasteiger partial charge in [0.05, 0.1) is 13.7 Å². The highest BCUT2D eigenvalue weighted by atomic mass is 16.5. The van der Waals surface area contributed by atoms with Crippen LogP contribution in [0.3, 0.4) is 0 Å². The Labute approximate surface area is 88.8 Å². The maximum Gasteiger partial charge on any atom is 0.239 e. The van der Waals surface area contributed by atoms with Crippen LogP contribution in [-0.2, 0) is 4.79 Å². The van der Waals surface area contributed by atoms with E-state index in [-0.39, 0.29) is 5.91 Å². The molecule has 1 aromatic rings. The van der Waals surface area contributed by atoms with Crippen LogP contribution in [0.2, 0.25) is 0 Å². The third kappa shape index (κ3) is 2.21. The molecule has 4 nitrogen and oxygen atoms in total. The topological polar surface area (TPSA) is 41.6 Å². The van der Waals surface area contributed by atoms with Crippen molar-refractivity contribution in [3.8, 4) is 5.75 Å². The molecule has 1 heterocycles. The second kappa shape index (κ2) is 4.21. The number of carbonyl (C=O) groups excluding carboxylic acids is 1. The number of nitrogens with one attached hydrogen (secondary N) is 1. The summed E-state index contributed by atoms with van der Waals surface area (Å²) in [6.45, 7) is 1.97. The first-order valence-corrected chi connectivity index (χ1v) is 4.95. The molecule has 0 saturated carbocycles. The van der Waals surface area contributed by atoms with E-state index in [2.05, 4.69) is 5.32 Å². The number of nitrogens with zero attached hydrogens (tertiary/aromatic N) is 1. The molecule has 0 unspecified atom stereocenters. The van der Waals surface area contributed by atoms with Gasteiger partial charge in [-0.05, 0) is 12.1 Å². The fourth-order valence-electron chi connectivity index (χ4n) is 1.67. The van der Waals surface area contributed by atoms with Gasteiger partial charge in [-0.15, -0.1) is 0 Å². The Morgan fingerprint density at radius 2 is 2.33 bits per heavy atom. The Bertz CT molecular complexity index is 365. The zero-order valence-electron chi connectivity index (χ0n) is 8.69. The van der Waals surface area contributed by atoms with Crippen LogP contribution in [0, 0.1) is 0 Å². The maximum atomic E-state index is 11.2. The second-order valence-corrected chi connectivity index (χ2v) is 3.47. The predicted molar refractivity (Wildman–Crippen MR) is 58.2 cm³/mol. The Morgan fingerprint density at radius 1 is 1.47 bits per heavy atom. The van der Waals surface area contributed by atoms with Gasteiger partial charge in [-0.2, -0.15) is 0 Å². The molecule has 0 spiro atoms. The van der Waals surface area contributed by atoms with Crippen LogP contribution in [0.5, 0.6) is 5.75 Å². The molecule has 1 saturated heterocycles. The number of hydrogen-bond donors (Lipinski definition) is 1. The zero-order valence-corrected chi connectivity index (χ0v) is 8.69. The number of carbonyl (C=O) groups is 1. The minimum atomic E-state index is 0.0732. The van der Waals surface area contributed by atoms with Crippen molar-refractivity contribution in [1.82, 2.24) is 5.32 Å². The number of ether oxygens (including phenoxy) is 1. The summed E-state index contributed by atoms with van der Waals surface area (Å²) in [6, 6.07) is 7.76. The highest BCUT2D eigenvalue weighted by molar-refractivity contribution is 5.82. The van der Waals surface area contributed by atoms with E-state index in [1.165, 1.54) is 0 Å². The van der Waals surface area contributed by atoms with E-state index < -0.39 is 0 Å². The van der Waals surface area contributed by atoms with Crippen molar-refractivity contribution >= 4 is 11.6 Å². The van der Waals surface area contributed by atoms with E-state index in [1.54, 1.807) is 7.11 Å². The molecule has 0 bridgehead atoms. The van der Waals surface area contributed by atoms with Crippen molar-refractivity contribution in [1.29, 1.82) is 0 Å². The molecule has 1 aliphatic rings. The van der Waals surface area contributed by atoms with Crippen LogP contribution in [0.1, 0.15) is 0 Å². The number of benzene rings is 1. The third-order valence-electron chi connectivity index (χ3n) is 2.46. The molecule has 80 valence electrons. The van der Waals surface area contributed by atoms with Crippen LogP contribution in [0.4, 0.5) is 5.69 Å². The van der Waals surface area contributed by atoms with E-state index in [4.69, 9.17) is 4.74 Å². The number of rotatable bonds is 2. The summed E-state index contributed by atoms with van der Waals surface area (Å²) in [7, 11) is 1.64. The van der Waals surface area contributed by atoms with Gasteiger partial charge in [0.2, 0.25) is 5.91 Å². The Hall–Kier alpha value is -1.71. The van der Waals surface area contributed by atoms with Gasteiger partial charge in [-0.25, -0.2) is 0 Å². The van der Waals surface area contributed by atoms with E-state index in [0.717, 1.165) is 18.0 Å². The smallest absolute Gasteiger partial charge is 0.239 e. The average Bonchev–Trinajstić information content (AvgIpc) is 2.29. The normalized spacial score (nSPS) is 16.1. The molecule has 1 aromatic carbocycles. The molecule has 1 fully saturated rings. The first-order chi connectivity index (χ1) is 7.29. The largest absolute Gasteiger partial charge is 0.497 e. The van der Waals surface area contributed by atoms with E-state index in [1.807, 2.05) is 29.2 Å². The Morgan fingerprint density at radius 3 is 3.07 bits per heavy atom. The van der Waals surface area contributed by atoms with Gasteiger partial charge in [0.25, 0.3) is 0 Å². The first kappa shape index (κ1) is 9.83. The van der Waals surface area contributed by atoms with Gasteiger partial charge in [-0.1, -0.05) is 6.07 Å². The van der Waals surface area contributed by atoms with Gasteiger partial charge >= 0.3 is 0 Å². The number of amides is 1. The minimum Gasteiger partial charge on any atom is -0.497 e. The molecule has 0 radical (unpaired) electrons. The predicted octanol–water partition coefficient (Wildman–Crippen LogP) is 0.631. The molecule has 1 aliphatic heterocycles. The van der Waals surface area contributed by atoms with Gasteiger partial charge in [-0.3, -0.25) is 4.79 Å². The fourth-order valence-corrected chi connectivity index (χ4v) is 1.67. The highest BCUT2D eigenvalue weighted by Gasteiger charge is 2.16. The SMILES string of the molecule is COc1cccc(N2CCNC(=O)C2)c1. The lowest BCUT2D eigenvalue weighted by Gasteiger charge is -2.28. The molecular formula is C11H14N2O2. The summed E-state index contributed by atoms with van der Waals surface area (Å²) in [4.78, 5) is 13.3. The summed E-state index contributed by atoms with van der Waals surface area (Å²) in [5.41, 5.74) is 1.03. The molecule has 0 atom stereocenters. The van der Waals surface area contributed by atoms with Gasteiger partial charge < -0.3 is 15.0 Å². The van der Waals surface area contributed by atoms with Crippen LogP contribution in [0.25, 0.3) is 0 Å². The summed E-state index contributed by atoms with van der Waals surface area (Å²) >= 11 is 0. The standard InChI is InChI=1S/C11H14N2O2/c1-15-10-4-2-3-9(7-10)13-6-5-12-11(14)8-13/h2-4,7H,5-6,8H2,1H3,(H,12,14). The minimum absolute atomic E-state index is 0.0732. The molecule has 0 aromatic heterocycles. The van der Waals surface area contributed by atoms with Crippen LogP contribution >= 0.6 is 0 Å². The Balaban J connectivity index is 2.17. The van der Waals surface area contributed by atoms with Crippen LogP contribution in [0.15, 0.2) is 24.3 Å². The molecule has 1 amide bonds. The molecule has 4 heteroatoms. The monoisotopic (exact) mass is 206 g/mol. The molecule has 15 heavy (non-hydrogen) atoms. The van der Waals surface area contributed by atoms with Crippen molar-refractivity contribution in [3.63, 3.8) is 0 Å². The zero-order chi connectivity index (χ0) is 10.7. The Kier molecular flexibility index (Phi) is 2.76. The van der Waals surface area contributed by atoms with E-state index >= 15 is 0 Å². The lowest BCUT2D eigenvalue weighted by atomic mass is 10.2. The van der Waals surface area contributed by atoms with Gasteiger partial charge in [0.15, 0.2) is 0 Å². The molecule has 2 rings (SSSR count). The van der Waals surface area contributed by atoms with Crippen molar-refractivity contribution in [2.75, 3.05) is 31.6 Å². The summed E-state index contributed by atoms with van der Waals surface area (Å²) in [5.74, 6) is 0.891. The maximum absolute atomic E-state index is 11.2. The fraction of sp³-hybridized carbons (Fsp3) is 0.364.